The Balaban J connectivity index is 1.62. The van der Waals surface area contributed by atoms with E-state index >= 15 is 0 Å². The Morgan fingerprint density at radius 1 is 1.24 bits per heavy atom. The Morgan fingerprint density at radius 3 is 2.88 bits per heavy atom. The van der Waals surface area contributed by atoms with Crippen molar-refractivity contribution in [1.29, 1.82) is 0 Å². The summed E-state index contributed by atoms with van der Waals surface area (Å²) in [5, 5.41) is 8.76. The molecule has 0 unspecified atom stereocenters. The van der Waals surface area contributed by atoms with Crippen LogP contribution in [0.25, 0.3) is 0 Å². The number of carbonyl (C=O) groups excluding carboxylic acids is 1. The van der Waals surface area contributed by atoms with Crippen LogP contribution in [-0.4, -0.2) is 21.9 Å². The quantitative estimate of drug-likeness (QED) is 0.502. The molecule has 0 saturated carbocycles. The summed E-state index contributed by atoms with van der Waals surface area (Å²) in [6, 6.07) is 16.8. The van der Waals surface area contributed by atoms with Crippen molar-refractivity contribution < 1.29 is 4.79 Å². The van der Waals surface area contributed by atoms with Gasteiger partial charge in [-0.1, -0.05) is 57.9 Å². The molecule has 0 atom stereocenters. The minimum Gasteiger partial charge on any atom is -0.268 e. The second-order valence-electron chi connectivity index (χ2n) is 5.25. The molecule has 0 saturated heterocycles. The first-order valence-corrected chi connectivity index (χ1v) is 8.65. The number of hydrogen-bond acceptors (Lipinski definition) is 3. The first-order valence-electron chi connectivity index (χ1n) is 7.47. The highest BCUT2D eigenvalue weighted by Gasteiger charge is 2.08. The molecular formula is C18H14BrClN4O. The lowest BCUT2D eigenvalue weighted by Gasteiger charge is -2.02. The fourth-order valence-corrected chi connectivity index (χ4v) is 2.82. The molecule has 1 aromatic heterocycles. The number of rotatable bonds is 5. The highest BCUT2D eigenvalue weighted by molar-refractivity contribution is 9.10. The standard InChI is InChI=1S/C18H14BrClN4O/c19-15-6-3-4-13(10-15)12-24-9-8-17(23-24)18(25)22-21-11-14-5-1-2-7-16(14)20/h1-11H,12H2,(H,22,25). The predicted molar refractivity (Wildman–Crippen MR) is 102 cm³/mol. The molecule has 5 nitrogen and oxygen atoms in total. The summed E-state index contributed by atoms with van der Waals surface area (Å²) in [7, 11) is 0. The molecule has 0 bridgehead atoms. The second kappa shape index (κ2) is 8.09. The lowest BCUT2D eigenvalue weighted by atomic mass is 10.2. The number of aromatic nitrogens is 2. The molecule has 1 amide bonds. The Hall–Kier alpha value is -2.44. The molecule has 0 aliphatic carbocycles. The van der Waals surface area contributed by atoms with E-state index in [0.29, 0.717) is 17.3 Å². The van der Waals surface area contributed by atoms with E-state index in [1.54, 1.807) is 23.0 Å². The van der Waals surface area contributed by atoms with Gasteiger partial charge in [0, 0.05) is 21.3 Å². The van der Waals surface area contributed by atoms with Gasteiger partial charge in [0.1, 0.15) is 0 Å². The Morgan fingerprint density at radius 2 is 2.08 bits per heavy atom. The average molecular weight is 418 g/mol. The van der Waals surface area contributed by atoms with Gasteiger partial charge in [0.05, 0.1) is 12.8 Å². The van der Waals surface area contributed by atoms with Crippen LogP contribution >= 0.6 is 27.5 Å². The number of hydrazone groups is 1. The normalized spacial score (nSPS) is 11.0. The SMILES string of the molecule is O=C(NN=Cc1ccccc1Cl)c1ccn(Cc2cccc(Br)c2)n1. The number of halogens is 2. The maximum atomic E-state index is 12.1. The summed E-state index contributed by atoms with van der Waals surface area (Å²) in [6.45, 7) is 0.579. The van der Waals surface area contributed by atoms with Gasteiger partial charge >= 0.3 is 0 Å². The van der Waals surface area contributed by atoms with Crippen molar-refractivity contribution in [2.24, 2.45) is 5.10 Å². The lowest BCUT2D eigenvalue weighted by molar-refractivity contribution is 0.0949. The fourth-order valence-electron chi connectivity index (χ4n) is 2.19. The highest BCUT2D eigenvalue weighted by atomic mass is 79.9. The van der Waals surface area contributed by atoms with E-state index < -0.39 is 0 Å². The molecule has 25 heavy (non-hydrogen) atoms. The molecule has 126 valence electrons. The van der Waals surface area contributed by atoms with E-state index in [9.17, 15) is 4.79 Å². The first kappa shape index (κ1) is 17.4. The van der Waals surface area contributed by atoms with E-state index in [0.717, 1.165) is 15.6 Å². The van der Waals surface area contributed by atoms with Crippen LogP contribution < -0.4 is 5.43 Å². The first-order chi connectivity index (χ1) is 12.1. The van der Waals surface area contributed by atoms with Crippen molar-refractivity contribution in [1.82, 2.24) is 15.2 Å². The van der Waals surface area contributed by atoms with Crippen LogP contribution in [0.4, 0.5) is 0 Å². The van der Waals surface area contributed by atoms with E-state index in [1.807, 2.05) is 42.5 Å². The van der Waals surface area contributed by atoms with Crippen molar-refractivity contribution >= 4 is 39.7 Å². The number of hydrogen-bond donors (Lipinski definition) is 1. The third-order valence-corrected chi connectivity index (χ3v) is 4.22. The molecule has 7 heteroatoms. The zero-order valence-corrected chi connectivity index (χ0v) is 15.4. The van der Waals surface area contributed by atoms with Gasteiger partial charge in [0.25, 0.3) is 5.91 Å². The van der Waals surface area contributed by atoms with Gasteiger partial charge < -0.3 is 0 Å². The van der Waals surface area contributed by atoms with Crippen molar-refractivity contribution in [2.45, 2.75) is 6.54 Å². The molecule has 0 aliphatic rings. The molecule has 1 heterocycles. The van der Waals surface area contributed by atoms with Gasteiger partial charge in [0.2, 0.25) is 0 Å². The van der Waals surface area contributed by atoms with Gasteiger partial charge in [-0.15, -0.1) is 0 Å². The minimum atomic E-state index is -0.378. The maximum absolute atomic E-state index is 12.1. The van der Waals surface area contributed by atoms with Crippen LogP contribution in [-0.2, 0) is 6.54 Å². The van der Waals surface area contributed by atoms with Gasteiger partial charge in [-0.05, 0) is 29.8 Å². The number of nitrogens with one attached hydrogen (secondary N) is 1. The lowest BCUT2D eigenvalue weighted by Crippen LogP contribution is -2.18. The third kappa shape index (κ3) is 4.78. The summed E-state index contributed by atoms with van der Waals surface area (Å²) in [6.07, 6.45) is 3.26. The van der Waals surface area contributed by atoms with E-state index in [2.05, 4.69) is 31.6 Å². The summed E-state index contributed by atoms with van der Waals surface area (Å²) < 4.78 is 2.71. The van der Waals surface area contributed by atoms with Crippen molar-refractivity contribution in [3.8, 4) is 0 Å². The average Bonchev–Trinajstić information content (AvgIpc) is 3.05. The fraction of sp³-hybridized carbons (Fsp3) is 0.0556. The topological polar surface area (TPSA) is 59.3 Å². The van der Waals surface area contributed by atoms with Crippen LogP contribution in [0, 0.1) is 0 Å². The Bertz CT molecular complexity index is 923. The smallest absolute Gasteiger partial charge is 0.268 e. The van der Waals surface area contributed by atoms with E-state index in [-0.39, 0.29) is 5.91 Å². The molecule has 2 aromatic carbocycles. The molecule has 0 radical (unpaired) electrons. The number of amides is 1. The molecule has 0 spiro atoms. The summed E-state index contributed by atoms with van der Waals surface area (Å²) in [5.41, 5.74) is 4.56. The summed E-state index contributed by atoms with van der Waals surface area (Å²) >= 11 is 9.46. The zero-order valence-electron chi connectivity index (χ0n) is 13.1. The van der Waals surface area contributed by atoms with Gasteiger partial charge in [-0.2, -0.15) is 10.2 Å². The van der Waals surface area contributed by atoms with Crippen LogP contribution in [0.1, 0.15) is 21.6 Å². The van der Waals surface area contributed by atoms with E-state index in [4.69, 9.17) is 11.6 Å². The van der Waals surface area contributed by atoms with E-state index in [1.165, 1.54) is 6.21 Å². The predicted octanol–water partition coefficient (Wildman–Crippen LogP) is 4.11. The minimum absolute atomic E-state index is 0.298. The van der Waals surface area contributed by atoms with Crippen molar-refractivity contribution in [3.63, 3.8) is 0 Å². The largest absolute Gasteiger partial charge is 0.291 e. The summed E-state index contributed by atoms with van der Waals surface area (Å²) in [4.78, 5) is 12.1. The molecule has 0 fully saturated rings. The molecule has 3 rings (SSSR count). The monoisotopic (exact) mass is 416 g/mol. The zero-order chi connectivity index (χ0) is 17.6. The van der Waals surface area contributed by atoms with Gasteiger partial charge in [-0.3, -0.25) is 9.48 Å². The molecular weight excluding hydrogens is 404 g/mol. The van der Waals surface area contributed by atoms with Crippen molar-refractivity contribution in [3.05, 3.63) is 87.1 Å². The van der Waals surface area contributed by atoms with Gasteiger partial charge in [-0.25, -0.2) is 5.43 Å². The molecule has 1 N–H and O–H groups in total. The third-order valence-electron chi connectivity index (χ3n) is 3.38. The number of nitrogens with zero attached hydrogens (tertiary/aromatic N) is 3. The molecule has 3 aromatic rings. The summed E-state index contributed by atoms with van der Waals surface area (Å²) in [5.74, 6) is -0.378. The van der Waals surface area contributed by atoms with Crippen LogP contribution in [0.3, 0.4) is 0 Å². The molecule has 0 aliphatic heterocycles. The number of carbonyl (C=O) groups is 1. The second-order valence-corrected chi connectivity index (χ2v) is 6.57. The van der Waals surface area contributed by atoms with Crippen LogP contribution in [0.5, 0.6) is 0 Å². The Kier molecular flexibility index (Phi) is 5.63. The number of benzene rings is 2. The Labute approximate surface area is 158 Å². The van der Waals surface area contributed by atoms with Crippen LogP contribution in [0.2, 0.25) is 5.02 Å². The van der Waals surface area contributed by atoms with Crippen LogP contribution in [0.15, 0.2) is 70.4 Å². The maximum Gasteiger partial charge on any atom is 0.291 e. The van der Waals surface area contributed by atoms with Gasteiger partial charge in [0.15, 0.2) is 5.69 Å². The highest BCUT2D eigenvalue weighted by Crippen LogP contribution is 2.13. The van der Waals surface area contributed by atoms with Crippen molar-refractivity contribution in [2.75, 3.05) is 0 Å².